The topological polar surface area (TPSA) is 62.3 Å². The first kappa shape index (κ1) is 19.5. The maximum absolute atomic E-state index is 12.5. The van der Waals surface area contributed by atoms with Crippen LogP contribution in [0.1, 0.15) is 17.7 Å². The highest BCUT2D eigenvalue weighted by molar-refractivity contribution is 8.26. The molecule has 1 aliphatic heterocycles. The molecule has 5 nitrogen and oxygen atoms in total. The average molecular weight is 416 g/mol. The number of carbonyl (C=O) groups excluding carboxylic acids is 2. The van der Waals surface area contributed by atoms with E-state index in [2.05, 4.69) is 10.3 Å². The number of benzene rings is 1. The molecule has 0 aliphatic carbocycles. The first-order valence-electron chi connectivity index (χ1n) is 8.22. The minimum absolute atomic E-state index is 0.165. The fourth-order valence-electron chi connectivity index (χ4n) is 2.32. The van der Waals surface area contributed by atoms with Crippen molar-refractivity contribution in [2.75, 3.05) is 11.9 Å². The number of thiazole rings is 1. The molecule has 0 bridgehead atoms. The van der Waals surface area contributed by atoms with Crippen molar-refractivity contribution in [3.63, 3.8) is 0 Å². The Kier molecular flexibility index (Phi) is 6.54. The molecule has 0 radical (unpaired) electrons. The summed E-state index contributed by atoms with van der Waals surface area (Å²) in [5, 5.41) is 5.16. The van der Waals surface area contributed by atoms with Gasteiger partial charge in [-0.3, -0.25) is 14.5 Å². The number of hydrogen-bond acceptors (Lipinski definition) is 6. The van der Waals surface area contributed by atoms with E-state index in [9.17, 15) is 9.59 Å². The van der Waals surface area contributed by atoms with Gasteiger partial charge in [0.05, 0.1) is 10.6 Å². The second-order valence-corrected chi connectivity index (χ2v) is 8.25. The Morgan fingerprint density at radius 2 is 2.11 bits per heavy atom. The van der Waals surface area contributed by atoms with Crippen molar-refractivity contribution < 1.29 is 9.59 Å². The number of aryl methyl sites for hydroxylation is 1. The standard InChI is InChI=1S/C19H17N3O2S3/c1-13-12-26-18(20-13)21-16(23)10-11-22-17(24)15(27-19(22)25)9-5-8-14-6-3-2-4-7-14/h2-9,12H,10-11H2,1H3,(H,20,21,23). The Morgan fingerprint density at radius 3 is 2.81 bits per heavy atom. The predicted octanol–water partition coefficient (Wildman–Crippen LogP) is 4.24. The number of allylic oxidation sites excluding steroid dienone is 2. The van der Waals surface area contributed by atoms with E-state index < -0.39 is 0 Å². The van der Waals surface area contributed by atoms with Crippen LogP contribution in [0.3, 0.4) is 0 Å². The molecule has 0 unspecified atom stereocenters. The third kappa shape index (κ3) is 5.35. The maximum atomic E-state index is 12.5. The number of nitrogens with one attached hydrogen (secondary N) is 1. The van der Waals surface area contributed by atoms with Crippen LogP contribution >= 0.6 is 35.3 Å². The van der Waals surface area contributed by atoms with E-state index >= 15 is 0 Å². The third-order valence-corrected chi connectivity index (χ3v) is 5.91. The molecule has 1 aromatic carbocycles. The lowest BCUT2D eigenvalue weighted by Crippen LogP contribution is -2.31. The summed E-state index contributed by atoms with van der Waals surface area (Å²) in [7, 11) is 0. The highest BCUT2D eigenvalue weighted by Crippen LogP contribution is 2.31. The van der Waals surface area contributed by atoms with E-state index in [1.165, 1.54) is 28.0 Å². The maximum Gasteiger partial charge on any atom is 0.266 e. The number of carbonyl (C=O) groups is 2. The van der Waals surface area contributed by atoms with Crippen LogP contribution in [0, 0.1) is 6.92 Å². The molecule has 1 aliphatic rings. The van der Waals surface area contributed by atoms with Gasteiger partial charge < -0.3 is 5.32 Å². The van der Waals surface area contributed by atoms with Crippen LogP contribution in [-0.2, 0) is 9.59 Å². The average Bonchev–Trinajstić information content (AvgIpc) is 3.17. The molecular weight excluding hydrogens is 398 g/mol. The lowest BCUT2D eigenvalue weighted by atomic mass is 10.2. The molecule has 2 aromatic rings. The van der Waals surface area contributed by atoms with Gasteiger partial charge in [-0.2, -0.15) is 0 Å². The van der Waals surface area contributed by atoms with Gasteiger partial charge in [-0.25, -0.2) is 4.98 Å². The van der Waals surface area contributed by atoms with Crippen molar-refractivity contribution in [1.29, 1.82) is 0 Å². The van der Waals surface area contributed by atoms with Crippen LogP contribution in [-0.4, -0.2) is 32.6 Å². The van der Waals surface area contributed by atoms with Crippen LogP contribution < -0.4 is 5.32 Å². The Labute approximate surface area is 171 Å². The normalized spacial score (nSPS) is 15.9. The fraction of sp³-hybridized carbons (Fsp3) is 0.158. The SMILES string of the molecule is Cc1csc(NC(=O)CCN2C(=O)C(=CC=Cc3ccccc3)SC2=S)n1. The van der Waals surface area contributed by atoms with Gasteiger partial charge in [-0.1, -0.05) is 66.5 Å². The van der Waals surface area contributed by atoms with Crippen molar-refractivity contribution >= 4 is 62.7 Å². The van der Waals surface area contributed by atoms with E-state index in [1.807, 2.05) is 54.8 Å². The van der Waals surface area contributed by atoms with E-state index in [1.54, 1.807) is 6.08 Å². The van der Waals surface area contributed by atoms with Gasteiger partial charge in [0.15, 0.2) is 5.13 Å². The molecule has 2 amide bonds. The lowest BCUT2D eigenvalue weighted by molar-refractivity contribution is -0.122. The molecule has 8 heteroatoms. The van der Waals surface area contributed by atoms with Gasteiger partial charge in [0.1, 0.15) is 4.32 Å². The predicted molar refractivity (Wildman–Crippen MR) is 116 cm³/mol. The Bertz CT molecular complexity index is 919. The quantitative estimate of drug-likeness (QED) is 0.565. The van der Waals surface area contributed by atoms with Crippen LogP contribution in [0.4, 0.5) is 5.13 Å². The zero-order valence-corrected chi connectivity index (χ0v) is 17.0. The van der Waals surface area contributed by atoms with Crippen molar-refractivity contribution in [2.45, 2.75) is 13.3 Å². The minimum atomic E-state index is -0.189. The van der Waals surface area contributed by atoms with Crippen molar-refractivity contribution in [2.24, 2.45) is 0 Å². The summed E-state index contributed by atoms with van der Waals surface area (Å²) < 4.78 is 0.470. The molecule has 1 saturated heterocycles. The first-order valence-corrected chi connectivity index (χ1v) is 10.3. The number of anilines is 1. The molecule has 3 rings (SSSR count). The van der Waals surface area contributed by atoms with Crippen LogP contribution in [0.2, 0.25) is 0 Å². The Hall–Kier alpha value is -2.29. The van der Waals surface area contributed by atoms with Gasteiger partial charge in [0, 0.05) is 18.3 Å². The van der Waals surface area contributed by atoms with Gasteiger partial charge in [0.25, 0.3) is 5.91 Å². The number of amides is 2. The molecule has 2 heterocycles. The van der Waals surface area contributed by atoms with E-state index in [0.29, 0.717) is 14.4 Å². The van der Waals surface area contributed by atoms with Crippen molar-refractivity contribution in [3.05, 3.63) is 64.0 Å². The molecule has 0 saturated carbocycles. The van der Waals surface area contributed by atoms with Crippen LogP contribution in [0.25, 0.3) is 6.08 Å². The summed E-state index contributed by atoms with van der Waals surface area (Å²) in [6.07, 6.45) is 5.68. The molecule has 138 valence electrons. The molecule has 1 aromatic heterocycles. The number of hydrogen-bond donors (Lipinski definition) is 1. The number of rotatable bonds is 6. The molecule has 0 spiro atoms. The van der Waals surface area contributed by atoms with Gasteiger partial charge >= 0.3 is 0 Å². The fourth-order valence-corrected chi connectivity index (χ4v) is 4.29. The van der Waals surface area contributed by atoms with E-state index in [0.717, 1.165) is 11.3 Å². The third-order valence-electron chi connectivity index (χ3n) is 3.64. The van der Waals surface area contributed by atoms with Crippen molar-refractivity contribution in [3.8, 4) is 0 Å². The summed E-state index contributed by atoms with van der Waals surface area (Å²) >= 11 is 7.91. The molecule has 0 atom stereocenters. The van der Waals surface area contributed by atoms with Crippen LogP contribution in [0.5, 0.6) is 0 Å². The summed E-state index contributed by atoms with van der Waals surface area (Å²) in [4.78, 5) is 30.8. The Balaban J connectivity index is 1.55. The molecule has 1 N–H and O–H groups in total. The summed E-state index contributed by atoms with van der Waals surface area (Å²) in [6.45, 7) is 2.12. The monoisotopic (exact) mass is 415 g/mol. The van der Waals surface area contributed by atoms with Gasteiger partial charge in [0.2, 0.25) is 5.91 Å². The largest absolute Gasteiger partial charge is 0.302 e. The molecular formula is C19H17N3O2S3. The number of thioether (sulfide) groups is 1. The number of nitrogens with zero attached hydrogens (tertiary/aromatic N) is 2. The minimum Gasteiger partial charge on any atom is -0.302 e. The number of thiocarbonyl (C=S) groups is 1. The van der Waals surface area contributed by atoms with E-state index in [4.69, 9.17) is 12.2 Å². The van der Waals surface area contributed by atoms with Crippen molar-refractivity contribution in [1.82, 2.24) is 9.88 Å². The second-order valence-electron chi connectivity index (χ2n) is 5.72. The zero-order chi connectivity index (χ0) is 19.2. The highest BCUT2D eigenvalue weighted by Gasteiger charge is 2.31. The number of aromatic nitrogens is 1. The second kappa shape index (κ2) is 9.07. The first-order chi connectivity index (χ1) is 13.0. The summed E-state index contributed by atoms with van der Waals surface area (Å²) in [6, 6.07) is 9.83. The Morgan fingerprint density at radius 1 is 1.33 bits per heavy atom. The van der Waals surface area contributed by atoms with E-state index in [-0.39, 0.29) is 24.8 Å². The van der Waals surface area contributed by atoms with Gasteiger partial charge in [-0.15, -0.1) is 11.3 Å². The lowest BCUT2D eigenvalue weighted by Gasteiger charge is -2.13. The highest BCUT2D eigenvalue weighted by atomic mass is 32.2. The smallest absolute Gasteiger partial charge is 0.266 e. The summed E-state index contributed by atoms with van der Waals surface area (Å²) in [5.41, 5.74) is 1.92. The summed E-state index contributed by atoms with van der Waals surface area (Å²) in [5.74, 6) is -0.355. The molecule has 1 fully saturated rings. The van der Waals surface area contributed by atoms with Crippen LogP contribution in [0.15, 0.2) is 52.8 Å². The van der Waals surface area contributed by atoms with Gasteiger partial charge in [-0.05, 0) is 18.6 Å². The molecule has 27 heavy (non-hydrogen) atoms. The zero-order valence-electron chi connectivity index (χ0n) is 14.5.